The summed E-state index contributed by atoms with van der Waals surface area (Å²) in [6, 6.07) is 7.43. The Labute approximate surface area is 239 Å². The van der Waals surface area contributed by atoms with Gasteiger partial charge in [0, 0.05) is 13.0 Å². The van der Waals surface area contributed by atoms with Gasteiger partial charge in [0.25, 0.3) is 5.91 Å². The molecule has 5 rings (SSSR count). The predicted octanol–water partition coefficient (Wildman–Crippen LogP) is 4.94. The van der Waals surface area contributed by atoms with Gasteiger partial charge >= 0.3 is 12.1 Å². The zero-order valence-corrected chi connectivity index (χ0v) is 22.6. The summed E-state index contributed by atoms with van der Waals surface area (Å²) in [4.78, 5) is 50.9. The lowest BCUT2D eigenvalue weighted by molar-refractivity contribution is -0.141. The van der Waals surface area contributed by atoms with Gasteiger partial charge in [0.2, 0.25) is 5.91 Å². The maximum Gasteiger partial charge on any atom is 0.412 e. The number of likely N-dealkylation sites (tertiary alicyclic amines) is 1. The Morgan fingerprint density at radius 3 is 2.59 bits per heavy atom. The third-order valence-corrected chi connectivity index (χ3v) is 8.29. The summed E-state index contributed by atoms with van der Waals surface area (Å²) in [5.74, 6) is -5.49. The van der Waals surface area contributed by atoms with E-state index in [4.69, 9.17) is 21.4 Å². The molecule has 1 unspecified atom stereocenters. The molecule has 3 N–H and O–H groups in total. The standard InChI is InChI=1S/C27H21ClF3N3O6S/c28-15-6-7-17-20(21(15)31)27(40-26(39)33-17)8-1-9-34(12-27)24(36)18(10-13-2-4-14(29)5-3-13)32-23(35)19-11-16(30)22(41-19)25(37)38/h2-7,11,18H,1,8-10,12H2,(H,32,35)(H,33,39)(H,37,38)/t18-,27?/m0/s1. The highest BCUT2D eigenvalue weighted by molar-refractivity contribution is 7.15. The number of nitrogens with one attached hydrogen (secondary N) is 2. The van der Waals surface area contributed by atoms with Crippen LogP contribution in [0.4, 0.5) is 23.7 Å². The molecule has 2 aliphatic rings. The van der Waals surface area contributed by atoms with Gasteiger partial charge in [-0.15, -0.1) is 11.3 Å². The minimum atomic E-state index is -1.56. The Bertz CT molecular complexity index is 1570. The molecular weight excluding hydrogens is 587 g/mol. The normalized spacial score (nSPS) is 18.7. The molecule has 9 nitrogen and oxygen atoms in total. The summed E-state index contributed by atoms with van der Waals surface area (Å²) >= 11 is 6.43. The van der Waals surface area contributed by atoms with Gasteiger partial charge < -0.3 is 20.1 Å². The average Bonchev–Trinajstić information content (AvgIpc) is 3.33. The summed E-state index contributed by atoms with van der Waals surface area (Å²) in [5, 5.41) is 13.9. The first-order valence-electron chi connectivity index (χ1n) is 12.3. The molecule has 1 spiro atoms. The number of carbonyl (C=O) groups excluding carboxylic acids is 3. The molecule has 3 amide bonds. The van der Waals surface area contributed by atoms with Gasteiger partial charge in [-0.2, -0.15) is 0 Å². The number of carboxylic acids is 1. The van der Waals surface area contributed by atoms with Gasteiger partial charge in [-0.05, 0) is 48.7 Å². The fourth-order valence-corrected chi connectivity index (χ4v) is 6.03. The second-order valence-electron chi connectivity index (χ2n) is 9.61. The molecule has 0 saturated carbocycles. The zero-order valence-electron chi connectivity index (χ0n) is 21.0. The van der Waals surface area contributed by atoms with E-state index in [9.17, 15) is 28.0 Å². The molecule has 0 radical (unpaired) electrons. The largest absolute Gasteiger partial charge is 0.477 e. The van der Waals surface area contributed by atoms with E-state index in [0.29, 0.717) is 23.3 Å². The SMILES string of the molecule is O=C1Nc2ccc(Cl)c(F)c2C2(CCCN(C(=O)[C@H](Cc3ccc(F)cc3)NC(=O)c3cc(F)c(C(=O)O)s3)C2)O1. The third-order valence-electron chi connectivity index (χ3n) is 6.90. The number of fused-ring (bicyclic) bond motifs is 2. The van der Waals surface area contributed by atoms with Crippen molar-refractivity contribution < 1.29 is 42.2 Å². The number of benzene rings is 2. The van der Waals surface area contributed by atoms with Gasteiger partial charge in [0.15, 0.2) is 11.4 Å². The molecule has 2 aliphatic heterocycles. The van der Waals surface area contributed by atoms with Gasteiger partial charge in [0.05, 0.1) is 27.7 Å². The summed E-state index contributed by atoms with van der Waals surface area (Å²) < 4.78 is 48.4. The van der Waals surface area contributed by atoms with Crippen LogP contribution in [0.3, 0.4) is 0 Å². The van der Waals surface area contributed by atoms with E-state index in [2.05, 4.69) is 10.6 Å². The number of anilines is 1. The number of thiophene rings is 1. The smallest absolute Gasteiger partial charge is 0.412 e. The van der Waals surface area contributed by atoms with Crippen molar-refractivity contribution in [1.82, 2.24) is 10.2 Å². The van der Waals surface area contributed by atoms with Crippen LogP contribution in [0.1, 0.15) is 43.3 Å². The number of aromatic carboxylic acids is 1. The van der Waals surface area contributed by atoms with Crippen LogP contribution in [0.5, 0.6) is 0 Å². The van der Waals surface area contributed by atoms with Crippen molar-refractivity contribution in [1.29, 1.82) is 0 Å². The van der Waals surface area contributed by atoms with Crippen LogP contribution in [0, 0.1) is 17.5 Å². The number of ether oxygens (including phenoxy) is 1. The van der Waals surface area contributed by atoms with Crippen molar-refractivity contribution in [3.05, 3.63) is 85.8 Å². The van der Waals surface area contributed by atoms with Crippen LogP contribution >= 0.6 is 22.9 Å². The molecule has 1 fully saturated rings. The number of hydrogen-bond donors (Lipinski definition) is 3. The average molecular weight is 608 g/mol. The maximum absolute atomic E-state index is 15.3. The van der Waals surface area contributed by atoms with Gasteiger partial charge in [0.1, 0.15) is 22.6 Å². The molecule has 1 saturated heterocycles. The second-order valence-corrected chi connectivity index (χ2v) is 11.1. The van der Waals surface area contributed by atoms with Gasteiger partial charge in [-0.1, -0.05) is 23.7 Å². The third kappa shape index (κ3) is 5.59. The van der Waals surface area contributed by atoms with E-state index in [1.807, 2.05) is 0 Å². The molecule has 2 atom stereocenters. The molecule has 3 heterocycles. The van der Waals surface area contributed by atoms with Crippen molar-refractivity contribution >= 4 is 52.5 Å². The number of piperidine rings is 1. The Balaban J connectivity index is 1.46. The van der Waals surface area contributed by atoms with Gasteiger partial charge in [-0.3, -0.25) is 14.9 Å². The number of carboxylic acid groups (broad SMARTS) is 1. The lowest BCUT2D eigenvalue weighted by Crippen LogP contribution is -2.57. The van der Waals surface area contributed by atoms with Crippen LogP contribution < -0.4 is 10.6 Å². The fraction of sp³-hybridized carbons (Fsp3) is 0.259. The Hall–Kier alpha value is -4.10. The van der Waals surface area contributed by atoms with Crippen LogP contribution in [0.25, 0.3) is 0 Å². The Morgan fingerprint density at radius 2 is 1.90 bits per heavy atom. The molecule has 1 aromatic heterocycles. The zero-order chi connectivity index (χ0) is 29.5. The first kappa shape index (κ1) is 28.4. The highest BCUT2D eigenvalue weighted by atomic mass is 35.5. The quantitative estimate of drug-likeness (QED) is 0.365. The van der Waals surface area contributed by atoms with E-state index in [0.717, 1.165) is 6.07 Å². The Kier molecular flexibility index (Phi) is 7.66. The number of halogens is 4. The van der Waals surface area contributed by atoms with Crippen molar-refractivity contribution in [2.45, 2.75) is 30.9 Å². The van der Waals surface area contributed by atoms with E-state index >= 15 is 4.39 Å². The molecule has 214 valence electrons. The number of nitrogens with zero attached hydrogens (tertiary/aromatic N) is 1. The first-order valence-corrected chi connectivity index (χ1v) is 13.5. The summed E-state index contributed by atoms with van der Waals surface area (Å²) in [6.45, 7) is -0.0776. The molecule has 14 heteroatoms. The van der Waals surface area contributed by atoms with Crippen LogP contribution in [-0.4, -0.2) is 53.0 Å². The lowest BCUT2D eigenvalue weighted by atomic mass is 9.82. The summed E-state index contributed by atoms with van der Waals surface area (Å²) in [6.07, 6.45) is -0.444. The van der Waals surface area contributed by atoms with Crippen molar-refractivity contribution in [3.8, 4) is 0 Å². The summed E-state index contributed by atoms with van der Waals surface area (Å²) in [7, 11) is 0. The fourth-order valence-electron chi connectivity index (χ4n) is 5.09. The second kappa shape index (κ2) is 11.1. The van der Waals surface area contributed by atoms with Crippen LogP contribution in [-0.2, 0) is 21.6 Å². The minimum absolute atomic E-state index is 0.00326. The maximum atomic E-state index is 15.3. The summed E-state index contributed by atoms with van der Waals surface area (Å²) in [5.41, 5.74) is -0.922. The highest BCUT2D eigenvalue weighted by Crippen LogP contribution is 2.45. The minimum Gasteiger partial charge on any atom is -0.477 e. The number of amides is 3. The topological polar surface area (TPSA) is 125 Å². The molecule has 3 aromatic rings. The highest BCUT2D eigenvalue weighted by Gasteiger charge is 2.49. The van der Waals surface area contributed by atoms with E-state index in [1.54, 1.807) is 0 Å². The number of hydrogen-bond acceptors (Lipinski definition) is 6. The lowest BCUT2D eigenvalue weighted by Gasteiger charge is -2.45. The van der Waals surface area contributed by atoms with E-state index < -0.39 is 57.8 Å². The van der Waals surface area contributed by atoms with E-state index in [1.165, 1.54) is 41.3 Å². The molecule has 0 bridgehead atoms. The number of rotatable bonds is 6. The Morgan fingerprint density at radius 1 is 1.17 bits per heavy atom. The first-order chi connectivity index (χ1) is 19.5. The van der Waals surface area contributed by atoms with E-state index in [-0.39, 0.29) is 47.1 Å². The van der Waals surface area contributed by atoms with Crippen molar-refractivity contribution in [3.63, 3.8) is 0 Å². The molecular formula is C27H21ClF3N3O6S. The predicted molar refractivity (Wildman–Crippen MR) is 142 cm³/mol. The van der Waals surface area contributed by atoms with Crippen molar-refractivity contribution in [2.75, 3.05) is 18.4 Å². The monoisotopic (exact) mass is 607 g/mol. The molecule has 0 aliphatic carbocycles. The van der Waals surface area contributed by atoms with Crippen LogP contribution in [0.2, 0.25) is 5.02 Å². The van der Waals surface area contributed by atoms with Crippen molar-refractivity contribution in [2.24, 2.45) is 0 Å². The molecule has 41 heavy (non-hydrogen) atoms. The van der Waals surface area contributed by atoms with Gasteiger partial charge in [-0.25, -0.2) is 22.8 Å². The number of carbonyl (C=O) groups is 4. The van der Waals surface area contributed by atoms with Crippen LogP contribution in [0.15, 0.2) is 42.5 Å². The molecule has 2 aromatic carbocycles.